The van der Waals surface area contributed by atoms with Crippen molar-refractivity contribution in [3.8, 4) is 11.5 Å². The molecule has 0 aliphatic heterocycles. The maximum atomic E-state index is 14.0. The van der Waals surface area contributed by atoms with Crippen molar-refractivity contribution >= 4 is 40.2 Å². The Hall–Kier alpha value is -3.27. The third kappa shape index (κ3) is 13.7. The van der Waals surface area contributed by atoms with E-state index in [0.29, 0.717) is 47.2 Å². The van der Waals surface area contributed by atoms with Crippen molar-refractivity contribution in [1.29, 1.82) is 0 Å². The summed E-state index contributed by atoms with van der Waals surface area (Å²) in [4.78, 5) is 2.02. The molecule has 266 valence electrons. The van der Waals surface area contributed by atoms with Crippen molar-refractivity contribution in [2.45, 2.75) is 66.5 Å². The van der Waals surface area contributed by atoms with Crippen LogP contribution in [0.5, 0.6) is 11.5 Å². The monoisotopic (exact) mass is 716 g/mol. The molecule has 0 aliphatic rings. The van der Waals surface area contributed by atoms with Gasteiger partial charge in [0.1, 0.15) is 18.1 Å². The molecule has 0 atom stereocenters. The standard InChI is InChI=1S/C27H35ClF2N2O2.C8H6ClF3.C2H6/c1-8-9-13-33-24-15-20(18(2)3)16-25(34-14-12-32(6)7)26(24)19(4)31-21-10-11-23(28)22(17-21)27(5,29)30;1-5-2-3-7(9)6(4-5)8(10,11)12;1-2/h10-11,15-17,31H,2,4,8-9,12-14H2,1,3,5-7H3;2-4H,1H3;1-2H3. The minimum Gasteiger partial charge on any atom is -0.493 e. The number of hydrogen-bond acceptors (Lipinski definition) is 4. The molecule has 1 N–H and O–H groups in total. The SMILES string of the molecule is C=C(C)c1cc(OCCCC)c(C(=C)Nc2ccc(Cl)c(C(C)(F)F)c2)c(OCCN(C)C)c1.CC.Cc1ccc(Cl)c(C(F)(F)F)c1. The predicted molar refractivity (Wildman–Crippen MR) is 192 cm³/mol. The fraction of sp³-hybridized carbons (Fsp3) is 0.405. The summed E-state index contributed by atoms with van der Waals surface area (Å²) in [5, 5.41) is 2.89. The number of hydrogen-bond donors (Lipinski definition) is 1. The average Bonchev–Trinajstić information content (AvgIpc) is 2.99. The van der Waals surface area contributed by atoms with E-state index in [0.717, 1.165) is 43.5 Å². The minimum atomic E-state index is -4.36. The molecule has 0 saturated heterocycles. The molecule has 0 saturated carbocycles. The van der Waals surface area contributed by atoms with Gasteiger partial charge in [0.15, 0.2) is 0 Å². The molecule has 0 aliphatic carbocycles. The Morgan fingerprint density at radius 1 is 0.854 bits per heavy atom. The third-order valence-corrected chi connectivity index (χ3v) is 7.23. The second-order valence-corrected chi connectivity index (χ2v) is 12.0. The maximum Gasteiger partial charge on any atom is 0.417 e. The number of halogens is 7. The lowest BCUT2D eigenvalue weighted by atomic mass is 10.0. The molecule has 0 unspecified atom stereocenters. The highest BCUT2D eigenvalue weighted by Crippen LogP contribution is 2.40. The van der Waals surface area contributed by atoms with Crippen LogP contribution in [-0.2, 0) is 12.1 Å². The van der Waals surface area contributed by atoms with E-state index in [4.69, 9.17) is 32.7 Å². The highest BCUT2D eigenvalue weighted by Gasteiger charge is 2.33. The molecular formula is C37H47Cl2F5N2O2. The van der Waals surface area contributed by atoms with Gasteiger partial charge in [0, 0.05) is 35.4 Å². The molecule has 3 aromatic carbocycles. The Morgan fingerprint density at radius 2 is 1.40 bits per heavy atom. The van der Waals surface area contributed by atoms with E-state index in [-0.39, 0.29) is 15.6 Å². The molecule has 0 fully saturated rings. The number of benzene rings is 3. The third-order valence-electron chi connectivity index (χ3n) is 6.57. The van der Waals surface area contributed by atoms with Crippen molar-refractivity contribution in [2.75, 3.05) is 39.2 Å². The van der Waals surface area contributed by atoms with E-state index in [9.17, 15) is 22.0 Å². The van der Waals surface area contributed by atoms with Crippen molar-refractivity contribution in [2.24, 2.45) is 0 Å². The molecule has 0 heterocycles. The maximum absolute atomic E-state index is 14.0. The normalized spacial score (nSPS) is 11.2. The van der Waals surface area contributed by atoms with Gasteiger partial charge in [-0.15, -0.1) is 0 Å². The van der Waals surface area contributed by atoms with Crippen LogP contribution in [0, 0.1) is 6.92 Å². The van der Waals surface area contributed by atoms with Crippen molar-refractivity contribution in [3.05, 3.63) is 99.6 Å². The average molecular weight is 718 g/mol. The number of nitrogens with zero attached hydrogens (tertiary/aromatic N) is 1. The van der Waals surface area contributed by atoms with Gasteiger partial charge in [0.2, 0.25) is 0 Å². The van der Waals surface area contributed by atoms with Gasteiger partial charge in [-0.05, 0) is 82.4 Å². The molecule has 0 amide bonds. The number of rotatable bonds is 13. The van der Waals surface area contributed by atoms with Crippen LogP contribution in [0.4, 0.5) is 27.6 Å². The summed E-state index contributed by atoms with van der Waals surface area (Å²) in [6.45, 7) is 20.3. The number of alkyl halides is 5. The first-order valence-corrected chi connectivity index (χ1v) is 16.3. The summed E-state index contributed by atoms with van der Waals surface area (Å²) in [6.07, 6.45) is -2.48. The van der Waals surface area contributed by atoms with E-state index in [2.05, 4.69) is 25.4 Å². The molecule has 11 heteroatoms. The van der Waals surface area contributed by atoms with Crippen molar-refractivity contribution in [1.82, 2.24) is 4.90 Å². The first-order chi connectivity index (χ1) is 22.3. The summed E-state index contributed by atoms with van der Waals surface area (Å²) in [5.41, 5.74) is 2.82. The second kappa shape index (κ2) is 19.7. The lowest BCUT2D eigenvalue weighted by Gasteiger charge is -2.22. The number of ether oxygens (including phenoxy) is 2. The van der Waals surface area contributed by atoms with Gasteiger partial charge in [-0.3, -0.25) is 0 Å². The molecule has 0 spiro atoms. The first-order valence-electron chi connectivity index (χ1n) is 15.6. The van der Waals surface area contributed by atoms with Gasteiger partial charge >= 0.3 is 6.18 Å². The Balaban J connectivity index is 0.000000685. The van der Waals surface area contributed by atoms with Crippen LogP contribution in [0.3, 0.4) is 0 Å². The van der Waals surface area contributed by atoms with Crippen LogP contribution in [0.25, 0.3) is 11.3 Å². The van der Waals surface area contributed by atoms with Gasteiger partial charge < -0.3 is 19.7 Å². The summed E-state index contributed by atoms with van der Waals surface area (Å²) in [7, 11) is 3.94. The van der Waals surface area contributed by atoms with Gasteiger partial charge in [0.25, 0.3) is 5.92 Å². The Kier molecular flexibility index (Phi) is 17.5. The minimum absolute atomic E-state index is 0.00534. The number of nitrogens with one attached hydrogen (secondary N) is 1. The zero-order chi connectivity index (χ0) is 36.8. The number of unbranched alkanes of at least 4 members (excludes halogenated alkanes) is 1. The number of anilines is 1. The lowest BCUT2D eigenvalue weighted by Crippen LogP contribution is -2.20. The molecule has 3 rings (SSSR count). The quantitative estimate of drug-likeness (QED) is 0.141. The number of allylic oxidation sites excluding steroid dienone is 1. The van der Waals surface area contributed by atoms with Gasteiger partial charge in [-0.2, -0.15) is 13.2 Å². The summed E-state index contributed by atoms with van der Waals surface area (Å²) in [5.74, 6) is -1.89. The molecule has 3 aromatic rings. The van der Waals surface area contributed by atoms with Crippen LogP contribution < -0.4 is 14.8 Å². The van der Waals surface area contributed by atoms with Crippen molar-refractivity contribution in [3.63, 3.8) is 0 Å². The Bertz CT molecular complexity index is 1500. The van der Waals surface area contributed by atoms with E-state index in [1.54, 1.807) is 13.0 Å². The van der Waals surface area contributed by atoms with E-state index in [1.165, 1.54) is 24.3 Å². The molecule has 0 aromatic heterocycles. The zero-order valence-electron chi connectivity index (χ0n) is 29.0. The fourth-order valence-electron chi connectivity index (χ4n) is 4.06. The lowest BCUT2D eigenvalue weighted by molar-refractivity contribution is -0.137. The smallest absolute Gasteiger partial charge is 0.417 e. The van der Waals surface area contributed by atoms with E-state index < -0.39 is 17.7 Å². The van der Waals surface area contributed by atoms with Gasteiger partial charge in [0.05, 0.1) is 22.8 Å². The first kappa shape index (κ1) is 42.8. The highest BCUT2D eigenvalue weighted by molar-refractivity contribution is 6.31. The van der Waals surface area contributed by atoms with E-state index in [1.807, 2.05) is 51.9 Å². The number of aryl methyl sites for hydroxylation is 1. The molecule has 4 nitrogen and oxygen atoms in total. The van der Waals surface area contributed by atoms with Crippen LogP contribution in [-0.4, -0.2) is 38.8 Å². The highest BCUT2D eigenvalue weighted by atomic mass is 35.5. The van der Waals surface area contributed by atoms with Crippen molar-refractivity contribution < 1.29 is 31.4 Å². The van der Waals surface area contributed by atoms with Crippen LogP contribution in [0.15, 0.2) is 61.7 Å². The molecule has 0 bridgehead atoms. The summed E-state index contributed by atoms with van der Waals surface area (Å²) in [6, 6.07) is 12.0. The second-order valence-electron chi connectivity index (χ2n) is 11.1. The fourth-order valence-corrected chi connectivity index (χ4v) is 4.57. The topological polar surface area (TPSA) is 33.7 Å². The zero-order valence-corrected chi connectivity index (χ0v) is 30.5. The summed E-state index contributed by atoms with van der Waals surface area (Å²) < 4.78 is 76.7. The number of likely N-dealkylation sites (N-methyl/N-ethyl adjacent to an activating group) is 1. The van der Waals surface area contributed by atoms with E-state index >= 15 is 0 Å². The largest absolute Gasteiger partial charge is 0.493 e. The van der Waals surface area contributed by atoms with Crippen LogP contribution in [0.2, 0.25) is 10.0 Å². The van der Waals surface area contributed by atoms with Gasteiger partial charge in [-0.1, -0.05) is 80.8 Å². The summed E-state index contributed by atoms with van der Waals surface area (Å²) >= 11 is 11.4. The molecule has 48 heavy (non-hydrogen) atoms. The predicted octanol–water partition coefficient (Wildman–Crippen LogP) is 12.4. The Labute approximate surface area is 292 Å². The van der Waals surface area contributed by atoms with Crippen LogP contribution in [0.1, 0.15) is 75.3 Å². The Morgan fingerprint density at radius 3 is 1.88 bits per heavy atom. The molecule has 0 radical (unpaired) electrons. The molecular weight excluding hydrogens is 670 g/mol. The van der Waals surface area contributed by atoms with Crippen LogP contribution >= 0.6 is 23.2 Å². The van der Waals surface area contributed by atoms with Gasteiger partial charge in [-0.25, -0.2) is 8.78 Å².